The molecule has 0 bridgehead atoms. The number of hydrogen-bond acceptors (Lipinski definition) is 4. The third-order valence-electron chi connectivity index (χ3n) is 6.27. The molecule has 0 spiro atoms. The molecule has 2 aromatic heterocycles. The van der Waals surface area contributed by atoms with E-state index in [0.717, 1.165) is 36.0 Å². The van der Waals surface area contributed by atoms with Gasteiger partial charge in [0.1, 0.15) is 0 Å². The molecule has 7 heteroatoms. The van der Waals surface area contributed by atoms with E-state index in [0.29, 0.717) is 22.6 Å². The number of aromatic nitrogens is 3. The van der Waals surface area contributed by atoms with Crippen molar-refractivity contribution in [2.24, 2.45) is 0 Å². The number of hydrogen-bond donors (Lipinski definition) is 1. The second-order valence-corrected chi connectivity index (χ2v) is 9.49. The Balaban J connectivity index is 1.38. The molecule has 5 rings (SSSR count). The summed E-state index contributed by atoms with van der Waals surface area (Å²) >= 11 is 1.30. The zero-order valence-corrected chi connectivity index (χ0v) is 20.8. The van der Waals surface area contributed by atoms with Gasteiger partial charge >= 0.3 is 0 Å². The number of carbonyl (C=O) groups is 1. The lowest BCUT2D eigenvalue weighted by Crippen LogP contribution is -2.24. The molecule has 5 aromatic rings. The van der Waals surface area contributed by atoms with E-state index in [1.807, 2.05) is 42.5 Å². The molecule has 3 aromatic carbocycles. The van der Waals surface area contributed by atoms with E-state index in [1.165, 1.54) is 22.7 Å². The van der Waals surface area contributed by atoms with Gasteiger partial charge in [0.15, 0.2) is 5.16 Å². The number of nitrogens with zero attached hydrogens (tertiary/aromatic N) is 3. The van der Waals surface area contributed by atoms with Crippen LogP contribution in [0.1, 0.15) is 26.7 Å². The predicted octanol–water partition coefficient (Wildman–Crippen LogP) is 6.06. The van der Waals surface area contributed by atoms with Crippen LogP contribution in [0.3, 0.4) is 0 Å². The number of carbonyl (C=O) groups excluding carboxylic acids is 1. The normalized spacial score (nSPS) is 11.5. The molecule has 0 aliphatic heterocycles. The lowest BCUT2D eigenvalue weighted by Gasteiger charge is -2.13. The molecule has 0 aliphatic rings. The molecule has 2 heterocycles. The fraction of sp³-hybridized carbons (Fsp3) is 0.250. The smallest absolute Gasteiger partial charge is 0.262 e. The number of nitrogens with one attached hydrogen (secondary N) is 1. The fourth-order valence-electron chi connectivity index (χ4n) is 4.57. The second kappa shape index (κ2) is 9.96. The van der Waals surface area contributed by atoms with Gasteiger partial charge in [-0.05, 0) is 49.7 Å². The van der Waals surface area contributed by atoms with Gasteiger partial charge in [-0.1, -0.05) is 55.4 Å². The molecule has 178 valence electrons. The molecule has 1 amide bonds. The van der Waals surface area contributed by atoms with Gasteiger partial charge in [0.05, 0.1) is 16.7 Å². The van der Waals surface area contributed by atoms with Gasteiger partial charge in [-0.25, -0.2) is 4.98 Å². The Labute approximate surface area is 208 Å². The SMILES string of the molecule is CCCCn1c(SCC(=O)Nc2ccc3c(c2)c2ccccc2n3CC)nc2ccccc2c1=O. The topological polar surface area (TPSA) is 68.9 Å². The molecular weight excluding hydrogens is 456 g/mol. The molecule has 0 aliphatic carbocycles. The maximum Gasteiger partial charge on any atom is 0.262 e. The molecule has 0 fully saturated rings. The number of benzene rings is 3. The lowest BCUT2D eigenvalue weighted by molar-refractivity contribution is -0.113. The Morgan fingerprint density at radius 3 is 2.46 bits per heavy atom. The van der Waals surface area contributed by atoms with Crippen molar-refractivity contribution in [2.75, 3.05) is 11.1 Å². The average molecular weight is 485 g/mol. The Morgan fingerprint density at radius 1 is 0.914 bits per heavy atom. The van der Waals surface area contributed by atoms with Crippen LogP contribution < -0.4 is 10.9 Å². The highest BCUT2D eigenvalue weighted by Gasteiger charge is 2.14. The first-order chi connectivity index (χ1) is 17.1. The van der Waals surface area contributed by atoms with Crippen LogP contribution in [-0.4, -0.2) is 25.8 Å². The predicted molar refractivity (Wildman–Crippen MR) is 145 cm³/mol. The van der Waals surface area contributed by atoms with Crippen molar-refractivity contribution < 1.29 is 4.79 Å². The molecule has 0 saturated heterocycles. The maximum atomic E-state index is 13.1. The molecule has 0 saturated carbocycles. The van der Waals surface area contributed by atoms with Gasteiger partial charge in [0.2, 0.25) is 5.91 Å². The first kappa shape index (κ1) is 23.2. The Bertz CT molecular complexity index is 1600. The van der Waals surface area contributed by atoms with E-state index in [9.17, 15) is 9.59 Å². The number of rotatable bonds is 8. The second-order valence-electron chi connectivity index (χ2n) is 8.55. The molecule has 6 nitrogen and oxygen atoms in total. The first-order valence-electron chi connectivity index (χ1n) is 12.0. The van der Waals surface area contributed by atoms with Crippen molar-refractivity contribution in [1.82, 2.24) is 14.1 Å². The number of aryl methyl sites for hydroxylation is 1. The molecule has 0 atom stereocenters. The van der Waals surface area contributed by atoms with Crippen LogP contribution in [0.2, 0.25) is 0 Å². The molecule has 0 radical (unpaired) electrons. The summed E-state index contributed by atoms with van der Waals surface area (Å²) in [6, 6.07) is 21.8. The van der Waals surface area contributed by atoms with E-state index < -0.39 is 0 Å². The number of fused-ring (bicyclic) bond motifs is 4. The van der Waals surface area contributed by atoms with Crippen LogP contribution in [-0.2, 0) is 17.9 Å². The van der Waals surface area contributed by atoms with Gasteiger partial charge in [0, 0.05) is 40.6 Å². The number of thioether (sulfide) groups is 1. The average Bonchev–Trinajstić information content (AvgIpc) is 3.20. The molecular formula is C28H28N4O2S. The van der Waals surface area contributed by atoms with Crippen LogP contribution in [0.4, 0.5) is 5.69 Å². The summed E-state index contributed by atoms with van der Waals surface area (Å²) in [6.45, 7) is 5.70. The van der Waals surface area contributed by atoms with E-state index >= 15 is 0 Å². The van der Waals surface area contributed by atoms with Gasteiger partial charge < -0.3 is 9.88 Å². The molecule has 1 N–H and O–H groups in total. The monoisotopic (exact) mass is 484 g/mol. The van der Waals surface area contributed by atoms with Crippen LogP contribution in [0.5, 0.6) is 0 Å². The summed E-state index contributed by atoms with van der Waals surface area (Å²) in [5, 5.41) is 6.52. The van der Waals surface area contributed by atoms with Gasteiger partial charge in [0.25, 0.3) is 5.56 Å². The zero-order chi connectivity index (χ0) is 24.4. The Kier molecular flexibility index (Phi) is 6.59. The minimum atomic E-state index is -0.127. The van der Waals surface area contributed by atoms with Crippen molar-refractivity contribution >= 4 is 56.1 Å². The standard InChI is InChI=1S/C28H28N4O2S/c1-3-5-16-32-27(34)21-11-6-8-12-23(21)30-28(32)35-18-26(33)29-19-14-15-25-22(17-19)20-10-7-9-13-24(20)31(25)4-2/h6-15,17H,3-5,16,18H2,1-2H3,(H,29,33). The van der Waals surface area contributed by atoms with E-state index in [-0.39, 0.29) is 17.2 Å². The van der Waals surface area contributed by atoms with Crippen molar-refractivity contribution in [1.29, 1.82) is 0 Å². The van der Waals surface area contributed by atoms with E-state index in [2.05, 4.69) is 41.9 Å². The summed E-state index contributed by atoms with van der Waals surface area (Å²) in [7, 11) is 0. The van der Waals surface area contributed by atoms with Gasteiger partial charge in [-0.2, -0.15) is 0 Å². The third-order valence-corrected chi connectivity index (χ3v) is 7.24. The number of amides is 1. The van der Waals surface area contributed by atoms with Crippen LogP contribution in [0.25, 0.3) is 32.7 Å². The van der Waals surface area contributed by atoms with Gasteiger partial charge in [-0.3, -0.25) is 14.2 Å². The van der Waals surface area contributed by atoms with Crippen molar-refractivity contribution in [2.45, 2.75) is 44.9 Å². The summed E-state index contributed by atoms with van der Waals surface area (Å²) < 4.78 is 3.99. The summed E-state index contributed by atoms with van der Waals surface area (Å²) in [5.41, 5.74) is 3.71. The summed E-state index contributed by atoms with van der Waals surface area (Å²) in [6.07, 6.45) is 1.85. The maximum absolute atomic E-state index is 13.1. The highest BCUT2D eigenvalue weighted by Crippen LogP contribution is 2.31. The lowest BCUT2D eigenvalue weighted by atomic mass is 10.1. The summed E-state index contributed by atoms with van der Waals surface area (Å²) in [4.78, 5) is 30.6. The minimum Gasteiger partial charge on any atom is -0.341 e. The quantitative estimate of drug-likeness (QED) is 0.215. The number of unbranched alkanes of at least 4 members (excludes halogenated alkanes) is 1. The Hall–Kier alpha value is -3.58. The first-order valence-corrected chi connectivity index (χ1v) is 13.0. The molecule has 0 unspecified atom stereocenters. The molecule has 35 heavy (non-hydrogen) atoms. The van der Waals surface area contributed by atoms with E-state index in [1.54, 1.807) is 10.6 Å². The number of para-hydroxylation sites is 2. The third kappa shape index (κ3) is 4.44. The van der Waals surface area contributed by atoms with Crippen LogP contribution in [0, 0.1) is 0 Å². The largest absolute Gasteiger partial charge is 0.341 e. The van der Waals surface area contributed by atoms with Crippen molar-refractivity contribution in [3.8, 4) is 0 Å². The minimum absolute atomic E-state index is 0.0512. The van der Waals surface area contributed by atoms with Crippen molar-refractivity contribution in [3.63, 3.8) is 0 Å². The van der Waals surface area contributed by atoms with E-state index in [4.69, 9.17) is 4.98 Å². The van der Waals surface area contributed by atoms with Crippen LogP contribution >= 0.6 is 11.8 Å². The Morgan fingerprint density at radius 2 is 1.66 bits per heavy atom. The highest BCUT2D eigenvalue weighted by atomic mass is 32.2. The van der Waals surface area contributed by atoms with Gasteiger partial charge in [-0.15, -0.1) is 0 Å². The van der Waals surface area contributed by atoms with Crippen LogP contribution in [0.15, 0.2) is 76.7 Å². The fourth-order valence-corrected chi connectivity index (χ4v) is 5.40. The number of anilines is 1. The highest BCUT2D eigenvalue weighted by molar-refractivity contribution is 7.99. The van der Waals surface area contributed by atoms with Crippen molar-refractivity contribution in [3.05, 3.63) is 77.1 Å². The summed E-state index contributed by atoms with van der Waals surface area (Å²) in [5.74, 6) is 0.0455. The zero-order valence-electron chi connectivity index (χ0n) is 20.0.